The Morgan fingerprint density at radius 1 is 1.21 bits per heavy atom. The molecule has 1 saturated heterocycles. The number of carbonyl (C=O) groups excluding carboxylic acids is 1. The topological polar surface area (TPSA) is 73.7 Å². The number of hydrogen-bond donors (Lipinski definition) is 1. The Balaban J connectivity index is 1.42. The molecule has 2 aliphatic heterocycles. The molecule has 2 aromatic heterocycles. The van der Waals surface area contributed by atoms with Crippen molar-refractivity contribution in [3.63, 3.8) is 0 Å². The molecule has 156 valence electrons. The molecule has 1 amide bonds. The SMILES string of the molecule is CC(C)N1CCc2nc3cc([C@H]4CCCN(C(=O)C5CCC5)C4)[nH]n3c(=O)c2C1. The number of nitrogens with one attached hydrogen (secondary N) is 1. The van der Waals surface area contributed by atoms with Crippen LogP contribution in [0.3, 0.4) is 0 Å². The summed E-state index contributed by atoms with van der Waals surface area (Å²) in [5.41, 5.74) is 3.54. The Bertz CT molecular complexity index is 987. The minimum Gasteiger partial charge on any atom is -0.342 e. The van der Waals surface area contributed by atoms with E-state index in [-0.39, 0.29) is 17.4 Å². The van der Waals surface area contributed by atoms with Gasteiger partial charge in [-0.3, -0.25) is 19.6 Å². The monoisotopic (exact) mass is 397 g/mol. The molecule has 1 atom stereocenters. The average molecular weight is 398 g/mol. The van der Waals surface area contributed by atoms with Crippen molar-refractivity contribution in [1.29, 1.82) is 0 Å². The summed E-state index contributed by atoms with van der Waals surface area (Å²) >= 11 is 0. The van der Waals surface area contributed by atoms with Gasteiger partial charge in [0.05, 0.1) is 11.3 Å². The first-order valence-corrected chi connectivity index (χ1v) is 11.2. The maximum atomic E-state index is 13.1. The van der Waals surface area contributed by atoms with Crippen LogP contribution in [-0.4, -0.2) is 56.0 Å². The molecule has 29 heavy (non-hydrogen) atoms. The van der Waals surface area contributed by atoms with Gasteiger partial charge in [-0.15, -0.1) is 0 Å². The van der Waals surface area contributed by atoms with Crippen LogP contribution in [0, 0.1) is 5.92 Å². The third-order valence-corrected chi connectivity index (χ3v) is 7.17. The van der Waals surface area contributed by atoms with Gasteiger partial charge >= 0.3 is 0 Å². The Morgan fingerprint density at radius 3 is 2.76 bits per heavy atom. The first-order chi connectivity index (χ1) is 14.0. The second-order valence-electron chi connectivity index (χ2n) is 9.31. The van der Waals surface area contributed by atoms with E-state index in [1.807, 2.05) is 11.0 Å². The van der Waals surface area contributed by atoms with Gasteiger partial charge in [-0.05, 0) is 39.5 Å². The van der Waals surface area contributed by atoms with Crippen molar-refractivity contribution >= 4 is 11.6 Å². The Kier molecular flexibility index (Phi) is 4.73. The fourth-order valence-corrected chi connectivity index (χ4v) is 5.02. The number of aromatic amines is 1. The molecule has 1 N–H and O–H groups in total. The summed E-state index contributed by atoms with van der Waals surface area (Å²) in [7, 11) is 0. The van der Waals surface area contributed by atoms with Gasteiger partial charge in [-0.2, -0.15) is 0 Å². The van der Waals surface area contributed by atoms with Crippen molar-refractivity contribution in [1.82, 2.24) is 24.4 Å². The van der Waals surface area contributed by atoms with Crippen LogP contribution in [-0.2, 0) is 17.8 Å². The lowest BCUT2D eigenvalue weighted by molar-refractivity contribution is -0.139. The number of carbonyl (C=O) groups is 1. The predicted molar refractivity (Wildman–Crippen MR) is 111 cm³/mol. The maximum Gasteiger partial charge on any atom is 0.277 e. The van der Waals surface area contributed by atoms with Crippen molar-refractivity contribution < 1.29 is 4.79 Å². The smallest absolute Gasteiger partial charge is 0.277 e. The van der Waals surface area contributed by atoms with E-state index in [9.17, 15) is 9.59 Å². The molecule has 7 heteroatoms. The van der Waals surface area contributed by atoms with E-state index >= 15 is 0 Å². The number of hydrogen-bond acceptors (Lipinski definition) is 4. The molecular weight excluding hydrogens is 366 g/mol. The summed E-state index contributed by atoms with van der Waals surface area (Å²) in [5.74, 6) is 0.825. The van der Waals surface area contributed by atoms with Crippen molar-refractivity contribution in [3.05, 3.63) is 33.4 Å². The zero-order valence-corrected chi connectivity index (χ0v) is 17.5. The van der Waals surface area contributed by atoms with Crippen molar-refractivity contribution in [2.45, 2.75) is 70.9 Å². The van der Waals surface area contributed by atoms with Crippen LogP contribution < -0.4 is 5.56 Å². The highest BCUT2D eigenvalue weighted by molar-refractivity contribution is 5.79. The van der Waals surface area contributed by atoms with Gasteiger partial charge in [0.2, 0.25) is 5.91 Å². The van der Waals surface area contributed by atoms with Gasteiger partial charge in [-0.1, -0.05) is 6.42 Å². The summed E-state index contributed by atoms with van der Waals surface area (Å²) in [6, 6.07) is 2.45. The summed E-state index contributed by atoms with van der Waals surface area (Å²) in [6.45, 7) is 7.57. The largest absolute Gasteiger partial charge is 0.342 e. The first kappa shape index (κ1) is 18.9. The highest BCUT2D eigenvalue weighted by Crippen LogP contribution is 2.32. The molecule has 2 fully saturated rings. The predicted octanol–water partition coefficient (Wildman–Crippen LogP) is 2.30. The van der Waals surface area contributed by atoms with E-state index in [1.54, 1.807) is 4.52 Å². The van der Waals surface area contributed by atoms with E-state index in [0.29, 0.717) is 24.1 Å². The van der Waals surface area contributed by atoms with Crippen LogP contribution in [0.4, 0.5) is 0 Å². The molecule has 1 saturated carbocycles. The molecule has 3 aliphatic rings. The molecule has 5 rings (SSSR count). The first-order valence-electron chi connectivity index (χ1n) is 11.2. The Hall–Kier alpha value is -2.15. The fraction of sp³-hybridized carbons (Fsp3) is 0.682. The highest BCUT2D eigenvalue weighted by atomic mass is 16.2. The van der Waals surface area contributed by atoms with Crippen LogP contribution in [0.15, 0.2) is 10.9 Å². The lowest BCUT2D eigenvalue weighted by Gasteiger charge is -2.37. The van der Waals surface area contributed by atoms with E-state index in [4.69, 9.17) is 4.98 Å². The average Bonchev–Trinajstić information content (AvgIpc) is 3.11. The van der Waals surface area contributed by atoms with Crippen molar-refractivity contribution in [2.24, 2.45) is 5.92 Å². The van der Waals surface area contributed by atoms with Gasteiger partial charge in [0.1, 0.15) is 0 Å². The number of rotatable bonds is 3. The Morgan fingerprint density at radius 2 is 2.03 bits per heavy atom. The number of nitrogens with zero attached hydrogens (tertiary/aromatic N) is 4. The molecular formula is C22H31N5O2. The highest BCUT2D eigenvalue weighted by Gasteiger charge is 2.33. The second-order valence-corrected chi connectivity index (χ2v) is 9.31. The van der Waals surface area contributed by atoms with Gasteiger partial charge < -0.3 is 4.90 Å². The third-order valence-electron chi connectivity index (χ3n) is 7.17. The van der Waals surface area contributed by atoms with Gasteiger partial charge in [0, 0.05) is 62.2 Å². The lowest BCUT2D eigenvalue weighted by Crippen LogP contribution is -2.44. The molecule has 2 aromatic rings. The molecule has 0 unspecified atom stereocenters. The zero-order valence-electron chi connectivity index (χ0n) is 17.5. The van der Waals surface area contributed by atoms with E-state index in [2.05, 4.69) is 23.8 Å². The number of amides is 1. The standard InChI is InChI=1S/C22H31N5O2/c1-14(2)25-10-8-18-17(13-25)22(29)27-20(23-18)11-19(24-27)16-7-4-9-26(12-16)21(28)15-5-3-6-15/h11,14-16,24H,3-10,12-13H2,1-2H3/t16-/m0/s1. The summed E-state index contributed by atoms with van der Waals surface area (Å²) in [4.78, 5) is 35.0. The van der Waals surface area contributed by atoms with Crippen LogP contribution in [0.2, 0.25) is 0 Å². The number of piperidine rings is 1. The molecule has 7 nitrogen and oxygen atoms in total. The quantitative estimate of drug-likeness (QED) is 0.862. The van der Waals surface area contributed by atoms with Gasteiger partial charge in [-0.25, -0.2) is 9.50 Å². The fourth-order valence-electron chi connectivity index (χ4n) is 5.02. The van der Waals surface area contributed by atoms with Crippen LogP contribution in [0.1, 0.15) is 68.8 Å². The molecule has 0 bridgehead atoms. The molecule has 0 radical (unpaired) electrons. The molecule has 4 heterocycles. The van der Waals surface area contributed by atoms with E-state index in [0.717, 1.165) is 68.7 Å². The van der Waals surface area contributed by atoms with Gasteiger partial charge in [0.25, 0.3) is 5.56 Å². The molecule has 0 aromatic carbocycles. The van der Waals surface area contributed by atoms with Crippen LogP contribution in [0.25, 0.3) is 5.65 Å². The summed E-state index contributed by atoms with van der Waals surface area (Å²) in [5, 5.41) is 3.33. The third kappa shape index (κ3) is 3.29. The Labute approximate surface area is 171 Å². The van der Waals surface area contributed by atoms with Crippen molar-refractivity contribution in [2.75, 3.05) is 19.6 Å². The number of aromatic nitrogens is 3. The number of fused-ring (bicyclic) bond motifs is 2. The zero-order chi connectivity index (χ0) is 20.1. The molecule has 1 aliphatic carbocycles. The maximum absolute atomic E-state index is 13.1. The second kappa shape index (κ2) is 7.27. The lowest BCUT2D eigenvalue weighted by atomic mass is 9.83. The summed E-state index contributed by atoms with van der Waals surface area (Å²) in [6.07, 6.45) is 6.16. The van der Waals surface area contributed by atoms with Crippen molar-refractivity contribution in [3.8, 4) is 0 Å². The van der Waals surface area contributed by atoms with Gasteiger partial charge in [0.15, 0.2) is 5.65 Å². The van der Waals surface area contributed by atoms with Crippen LogP contribution in [0.5, 0.6) is 0 Å². The number of likely N-dealkylation sites (tertiary alicyclic amines) is 1. The number of H-pyrrole nitrogens is 1. The normalized spacial score (nSPS) is 23.4. The minimum atomic E-state index is 0.0276. The minimum absolute atomic E-state index is 0.0276. The van der Waals surface area contributed by atoms with E-state index < -0.39 is 0 Å². The molecule has 0 spiro atoms. The van der Waals surface area contributed by atoms with E-state index in [1.165, 1.54) is 6.42 Å². The van der Waals surface area contributed by atoms with Crippen LogP contribution >= 0.6 is 0 Å². The summed E-state index contributed by atoms with van der Waals surface area (Å²) < 4.78 is 1.62.